The Kier molecular flexibility index (Phi) is 5.30. The van der Waals surface area contributed by atoms with Crippen molar-refractivity contribution in [2.24, 2.45) is 4.99 Å². The number of aliphatic imine (C=N–C) groups is 1. The molecule has 8 heteroatoms. The largest absolute Gasteiger partial charge is 0.494 e. The maximum atomic E-state index is 13.2. The van der Waals surface area contributed by atoms with Gasteiger partial charge in [0.2, 0.25) is 5.78 Å². The van der Waals surface area contributed by atoms with Crippen LogP contribution < -0.4 is 10.2 Å². The van der Waals surface area contributed by atoms with Crippen molar-refractivity contribution >= 4 is 45.4 Å². The number of hydrogen-bond acceptors (Lipinski definition) is 6. The Hall–Kier alpha value is -4.43. The van der Waals surface area contributed by atoms with Crippen molar-refractivity contribution in [3.05, 3.63) is 83.4 Å². The second kappa shape index (κ2) is 8.66. The van der Waals surface area contributed by atoms with Gasteiger partial charge in [-0.15, -0.1) is 0 Å². The zero-order chi connectivity index (χ0) is 24.8. The number of nitrogens with one attached hydrogen (secondary N) is 2. The zero-order valence-corrected chi connectivity index (χ0v) is 19.8. The third kappa shape index (κ3) is 3.81. The highest BCUT2D eigenvalue weighted by Gasteiger charge is 2.30. The molecule has 6 rings (SSSR count). The van der Waals surface area contributed by atoms with Crippen LogP contribution in [0, 0.1) is 0 Å². The number of hydrogen-bond donors (Lipinski definition) is 3. The standard InChI is InChI=1S/C28H25N5O3/c1-32-12-14-33(15-13-32)19-9-7-18(8-10-19)29-27(35)17-6-11-23-21(16-17)26(34)25(30-23)24-20-4-2-3-5-22(20)31-28(24)36/h2-11,16,31,36H,12-15H2,1H3,(H,29,35). The highest BCUT2D eigenvalue weighted by atomic mass is 16.3. The molecule has 8 nitrogen and oxygen atoms in total. The summed E-state index contributed by atoms with van der Waals surface area (Å²) in [7, 11) is 2.13. The topological polar surface area (TPSA) is 101 Å². The van der Waals surface area contributed by atoms with Crippen molar-refractivity contribution in [2.45, 2.75) is 0 Å². The van der Waals surface area contributed by atoms with Gasteiger partial charge < -0.3 is 25.2 Å². The van der Waals surface area contributed by atoms with E-state index in [4.69, 9.17) is 0 Å². The molecule has 0 aliphatic carbocycles. The third-order valence-corrected chi connectivity index (χ3v) is 6.87. The van der Waals surface area contributed by atoms with E-state index in [9.17, 15) is 14.7 Å². The van der Waals surface area contributed by atoms with E-state index < -0.39 is 0 Å². The number of para-hydroxylation sites is 1. The molecule has 3 N–H and O–H groups in total. The quantitative estimate of drug-likeness (QED) is 0.407. The van der Waals surface area contributed by atoms with Crippen molar-refractivity contribution in [2.75, 3.05) is 43.4 Å². The minimum absolute atomic E-state index is 0.103. The molecule has 0 bridgehead atoms. The van der Waals surface area contributed by atoms with E-state index in [0.717, 1.165) is 37.4 Å². The van der Waals surface area contributed by atoms with E-state index in [1.807, 2.05) is 48.5 Å². The molecule has 180 valence electrons. The van der Waals surface area contributed by atoms with Gasteiger partial charge in [0.1, 0.15) is 5.71 Å². The Labute approximate surface area is 207 Å². The van der Waals surface area contributed by atoms with Gasteiger partial charge in [0.15, 0.2) is 5.88 Å². The molecular formula is C28H25N5O3. The van der Waals surface area contributed by atoms with Crippen LogP contribution in [0.3, 0.4) is 0 Å². The Morgan fingerprint density at radius 3 is 2.53 bits per heavy atom. The summed E-state index contributed by atoms with van der Waals surface area (Å²) in [6.07, 6.45) is 0. The summed E-state index contributed by atoms with van der Waals surface area (Å²) < 4.78 is 0. The fourth-order valence-electron chi connectivity index (χ4n) is 4.82. The lowest BCUT2D eigenvalue weighted by molar-refractivity contribution is 0.102. The lowest BCUT2D eigenvalue weighted by Crippen LogP contribution is -2.44. The molecule has 0 radical (unpaired) electrons. The molecule has 1 saturated heterocycles. The molecule has 4 aromatic rings. The number of nitrogens with zero attached hydrogens (tertiary/aromatic N) is 3. The van der Waals surface area contributed by atoms with Gasteiger partial charge in [0, 0.05) is 54.0 Å². The van der Waals surface area contributed by atoms with Gasteiger partial charge in [0.05, 0.1) is 16.8 Å². The summed E-state index contributed by atoms with van der Waals surface area (Å²) in [6.45, 7) is 4.01. The number of fused-ring (bicyclic) bond motifs is 2. The second-order valence-electron chi connectivity index (χ2n) is 9.21. The number of benzene rings is 3. The molecule has 2 aliphatic heterocycles. The minimum Gasteiger partial charge on any atom is -0.494 e. The molecule has 1 amide bonds. The first-order valence-electron chi connectivity index (χ1n) is 11.9. The van der Waals surface area contributed by atoms with Crippen LogP contribution in [0.25, 0.3) is 10.9 Å². The first kappa shape index (κ1) is 22.1. The molecule has 0 saturated carbocycles. The van der Waals surface area contributed by atoms with Crippen LogP contribution in [0.5, 0.6) is 5.88 Å². The highest BCUT2D eigenvalue weighted by molar-refractivity contribution is 6.56. The molecule has 36 heavy (non-hydrogen) atoms. The number of piperazine rings is 1. The normalized spacial score (nSPS) is 15.8. The first-order valence-corrected chi connectivity index (χ1v) is 11.9. The Morgan fingerprint density at radius 2 is 1.75 bits per heavy atom. The number of aromatic amines is 1. The number of carbonyl (C=O) groups is 2. The highest BCUT2D eigenvalue weighted by Crippen LogP contribution is 2.35. The van der Waals surface area contributed by atoms with Crippen molar-refractivity contribution in [3.63, 3.8) is 0 Å². The number of Topliss-reactive ketones (excluding diaryl/α,β-unsaturated/α-hetero) is 1. The van der Waals surface area contributed by atoms with Crippen molar-refractivity contribution in [3.8, 4) is 5.88 Å². The molecule has 0 atom stereocenters. The molecular weight excluding hydrogens is 454 g/mol. The Bertz CT molecular complexity index is 1530. The third-order valence-electron chi connectivity index (χ3n) is 6.87. The van der Waals surface area contributed by atoms with Crippen LogP contribution in [0.15, 0.2) is 71.7 Å². The SMILES string of the molecule is CN1CCN(c2ccc(NC(=O)c3ccc4c(c3)C(=O)C(c3c(O)[nH]c5ccccc35)=N4)cc2)CC1. The molecule has 1 aromatic heterocycles. The second-order valence-corrected chi connectivity index (χ2v) is 9.21. The van der Waals surface area contributed by atoms with Crippen molar-refractivity contribution < 1.29 is 14.7 Å². The van der Waals surface area contributed by atoms with Crippen LogP contribution in [0.2, 0.25) is 0 Å². The fraction of sp³-hybridized carbons (Fsp3) is 0.179. The van der Waals surface area contributed by atoms with E-state index in [0.29, 0.717) is 33.5 Å². The zero-order valence-electron chi connectivity index (χ0n) is 19.8. The number of aromatic nitrogens is 1. The van der Waals surface area contributed by atoms with Gasteiger partial charge in [-0.05, 0) is 55.6 Å². The monoisotopic (exact) mass is 479 g/mol. The average Bonchev–Trinajstić information content (AvgIpc) is 3.39. The van der Waals surface area contributed by atoms with Crippen LogP contribution in [0.1, 0.15) is 26.3 Å². The minimum atomic E-state index is -0.323. The summed E-state index contributed by atoms with van der Waals surface area (Å²) >= 11 is 0. The predicted molar refractivity (Wildman–Crippen MR) is 141 cm³/mol. The number of anilines is 2. The lowest BCUT2D eigenvalue weighted by atomic mass is 10.00. The first-order chi connectivity index (χ1) is 17.5. The molecule has 3 heterocycles. The van der Waals surface area contributed by atoms with Gasteiger partial charge in [0.25, 0.3) is 5.91 Å². The maximum absolute atomic E-state index is 13.2. The number of ketones is 1. The lowest BCUT2D eigenvalue weighted by Gasteiger charge is -2.34. The molecule has 3 aromatic carbocycles. The summed E-state index contributed by atoms with van der Waals surface area (Å²) in [4.78, 5) is 38.2. The number of H-pyrrole nitrogens is 1. The molecule has 2 aliphatic rings. The number of amides is 1. The summed E-state index contributed by atoms with van der Waals surface area (Å²) in [5, 5.41) is 14.1. The van der Waals surface area contributed by atoms with Gasteiger partial charge in [-0.2, -0.15) is 0 Å². The summed E-state index contributed by atoms with van der Waals surface area (Å²) in [5.41, 5.74) is 4.26. The molecule has 0 spiro atoms. The summed E-state index contributed by atoms with van der Waals surface area (Å²) in [6, 6.07) is 20.0. The van der Waals surface area contributed by atoms with E-state index in [2.05, 4.69) is 32.1 Å². The van der Waals surface area contributed by atoms with Gasteiger partial charge in [-0.1, -0.05) is 18.2 Å². The number of likely N-dealkylation sites (N-methyl/N-ethyl adjacent to an activating group) is 1. The van der Waals surface area contributed by atoms with Gasteiger partial charge in [-0.3, -0.25) is 9.59 Å². The van der Waals surface area contributed by atoms with E-state index in [1.54, 1.807) is 18.2 Å². The van der Waals surface area contributed by atoms with Crippen LogP contribution in [-0.2, 0) is 0 Å². The van der Waals surface area contributed by atoms with Crippen LogP contribution in [-0.4, -0.2) is 65.6 Å². The Morgan fingerprint density at radius 1 is 1.00 bits per heavy atom. The molecule has 1 fully saturated rings. The number of carbonyl (C=O) groups excluding carboxylic acids is 2. The average molecular weight is 480 g/mol. The summed E-state index contributed by atoms with van der Waals surface area (Å²) in [5.74, 6) is -0.730. The van der Waals surface area contributed by atoms with E-state index in [1.165, 1.54) is 0 Å². The smallest absolute Gasteiger partial charge is 0.255 e. The van der Waals surface area contributed by atoms with Crippen LogP contribution in [0.4, 0.5) is 17.1 Å². The van der Waals surface area contributed by atoms with Gasteiger partial charge in [-0.25, -0.2) is 4.99 Å². The van der Waals surface area contributed by atoms with Crippen molar-refractivity contribution in [1.82, 2.24) is 9.88 Å². The van der Waals surface area contributed by atoms with E-state index >= 15 is 0 Å². The van der Waals surface area contributed by atoms with Crippen LogP contribution >= 0.6 is 0 Å². The fourth-order valence-corrected chi connectivity index (χ4v) is 4.82. The Balaban J connectivity index is 1.19. The van der Waals surface area contributed by atoms with Gasteiger partial charge >= 0.3 is 0 Å². The maximum Gasteiger partial charge on any atom is 0.255 e. The number of aromatic hydroxyl groups is 1. The van der Waals surface area contributed by atoms with E-state index in [-0.39, 0.29) is 23.3 Å². The number of rotatable bonds is 4. The van der Waals surface area contributed by atoms with Crippen molar-refractivity contribution in [1.29, 1.82) is 0 Å². The molecule has 0 unspecified atom stereocenters. The predicted octanol–water partition coefficient (Wildman–Crippen LogP) is 4.19.